The zero-order chi connectivity index (χ0) is 15.0. The maximum absolute atomic E-state index is 5.91. The molecular formula is C20H23NO. The van der Waals surface area contributed by atoms with Crippen molar-refractivity contribution in [2.45, 2.75) is 24.5 Å². The molecule has 2 aliphatic rings. The molecule has 0 unspecified atom stereocenters. The first kappa shape index (κ1) is 14.0. The van der Waals surface area contributed by atoms with Crippen LogP contribution in [0.3, 0.4) is 0 Å². The first-order valence-corrected chi connectivity index (χ1v) is 8.21. The van der Waals surface area contributed by atoms with Crippen molar-refractivity contribution in [1.82, 2.24) is 4.90 Å². The lowest BCUT2D eigenvalue weighted by Gasteiger charge is -2.53. The maximum Gasteiger partial charge on any atom is 0.0959 e. The Hall–Kier alpha value is -1.64. The minimum atomic E-state index is 0.113. The zero-order valence-corrected chi connectivity index (χ0v) is 13.1. The van der Waals surface area contributed by atoms with E-state index in [1.54, 1.807) is 0 Å². The van der Waals surface area contributed by atoms with Gasteiger partial charge in [0.1, 0.15) is 0 Å². The summed E-state index contributed by atoms with van der Waals surface area (Å²) >= 11 is 0. The van der Waals surface area contributed by atoms with Crippen molar-refractivity contribution in [2.24, 2.45) is 5.92 Å². The lowest BCUT2D eigenvalue weighted by molar-refractivity contribution is -0.148. The molecule has 0 aromatic heterocycles. The molecule has 22 heavy (non-hydrogen) atoms. The fourth-order valence-electron chi connectivity index (χ4n) is 3.87. The van der Waals surface area contributed by atoms with Gasteiger partial charge in [-0.2, -0.15) is 0 Å². The van der Waals surface area contributed by atoms with Gasteiger partial charge >= 0.3 is 0 Å². The summed E-state index contributed by atoms with van der Waals surface area (Å²) in [6, 6.07) is 22.0. The molecule has 2 aromatic rings. The van der Waals surface area contributed by atoms with Crippen molar-refractivity contribution in [3.05, 3.63) is 71.8 Å². The molecular weight excluding hydrogens is 270 g/mol. The van der Waals surface area contributed by atoms with Gasteiger partial charge in [-0.25, -0.2) is 0 Å². The summed E-state index contributed by atoms with van der Waals surface area (Å²) in [5, 5.41) is 0. The van der Waals surface area contributed by atoms with Crippen LogP contribution in [0, 0.1) is 5.92 Å². The van der Waals surface area contributed by atoms with Gasteiger partial charge < -0.3 is 4.74 Å². The Labute approximate surface area is 132 Å². The van der Waals surface area contributed by atoms with Crippen LogP contribution in [0.4, 0.5) is 0 Å². The molecule has 0 amide bonds. The molecule has 0 radical (unpaired) electrons. The van der Waals surface area contributed by atoms with Gasteiger partial charge in [0, 0.05) is 20.2 Å². The van der Waals surface area contributed by atoms with Crippen LogP contribution in [0.15, 0.2) is 60.7 Å². The highest BCUT2D eigenvalue weighted by atomic mass is 16.5. The van der Waals surface area contributed by atoms with E-state index in [4.69, 9.17) is 4.74 Å². The minimum Gasteiger partial charge on any atom is -0.375 e. The molecule has 2 aromatic carbocycles. The van der Waals surface area contributed by atoms with Gasteiger partial charge in [-0.05, 0) is 29.9 Å². The molecule has 1 saturated heterocycles. The number of methoxy groups -OCH3 is 1. The first-order chi connectivity index (χ1) is 10.8. The Balaban J connectivity index is 1.62. The normalized spacial score (nSPS) is 20.8. The molecule has 1 saturated carbocycles. The third kappa shape index (κ3) is 2.37. The molecule has 2 fully saturated rings. The van der Waals surface area contributed by atoms with E-state index in [1.807, 2.05) is 7.11 Å². The van der Waals surface area contributed by atoms with Crippen molar-refractivity contribution in [3.63, 3.8) is 0 Å². The largest absolute Gasteiger partial charge is 0.375 e. The van der Waals surface area contributed by atoms with E-state index in [0.29, 0.717) is 6.04 Å². The van der Waals surface area contributed by atoms with E-state index >= 15 is 0 Å². The van der Waals surface area contributed by atoms with Crippen molar-refractivity contribution in [3.8, 4) is 0 Å². The lowest BCUT2D eigenvalue weighted by Crippen LogP contribution is -2.64. The second kappa shape index (κ2) is 5.53. The van der Waals surface area contributed by atoms with E-state index in [1.165, 1.54) is 24.0 Å². The average Bonchev–Trinajstić information content (AvgIpc) is 3.37. The summed E-state index contributed by atoms with van der Waals surface area (Å²) < 4.78 is 5.91. The van der Waals surface area contributed by atoms with Gasteiger partial charge in [-0.3, -0.25) is 4.90 Å². The molecule has 0 N–H and O–H groups in total. The van der Waals surface area contributed by atoms with Crippen LogP contribution in [0.25, 0.3) is 0 Å². The van der Waals surface area contributed by atoms with E-state index < -0.39 is 0 Å². The summed E-state index contributed by atoms with van der Waals surface area (Å²) in [5.74, 6) is 0.779. The zero-order valence-electron chi connectivity index (χ0n) is 13.1. The number of rotatable bonds is 5. The van der Waals surface area contributed by atoms with Crippen molar-refractivity contribution >= 4 is 0 Å². The van der Waals surface area contributed by atoms with Crippen LogP contribution in [0.2, 0.25) is 0 Å². The first-order valence-electron chi connectivity index (χ1n) is 8.21. The van der Waals surface area contributed by atoms with Gasteiger partial charge in [0.2, 0.25) is 0 Å². The number of ether oxygens (including phenoxy) is 1. The van der Waals surface area contributed by atoms with E-state index in [2.05, 4.69) is 65.6 Å². The molecule has 1 heterocycles. The molecule has 114 valence electrons. The second-order valence-electron chi connectivity index (χ2n) is 6.67. The summed E-state index contributed by atoms with van der Waals surface area (Å²) in [4.78, 5) is 2.56. The summed E-state index contributed by atoms with van der Waals surface area (Å²) in [7, 11) is 1.88. The number of likely N-dealkylation sites (tertiary alicyclic amines) is 1. The molecule has 0 spiro atoms. The lowest BCUT2D eigenvalue weighted by atomic mass is 9.84. The molecule has 2 nitrogen and oxygen atoms in total. The highest BCUT2D eigenvalue weighted by Gasteiger charge is 2.55. The van der Waals surface area contributed by atoms with E-state index in [0.717, 1.165) is 19.0 Å². The van der Waals surface area contributed by atoms with Crippen LogP contribution in [0.5, 0.6) is 0 Å². The second-order valence-corrected chi connectivity index (χ2v) is 6.67. The Morgan fingerprint density at radius 1 is 0.909 bits per heavy atom. The molecule has 4 rings (SSSR count). The standard InChI is InChI=1S/C20H23NO/c1-22-20(18-12-13-18)14-21(15-20)19(16-8-4-2-5-9-16)17-10-6-3-7-11-17/h2-11,18-19H,12-15H2,1H3. The molecule has 1 aliphatic carbocycles. The molecule has 2 heteroatoms. The summed E-state index contributed by atoms with van der Waals surface area (Å²) in [5.41, 5.74) is 2.85. The highest BCUT2D eigenvalue weighted by Crippen LogP contribution is 2.49. The van der Waals surface area contributed by atoms with E-state index in [-0.39, 0.29) is 5.60 Å². The van der Waals surface area contributed by atoms with Crippen LogP contribution in [-0.2, 0) is 4.74 Å². The van der Waals surface area contributed by atoms with E-state index in [9.17, 15) is 0 Å². The molecule has 1 aliphatic heterocycles. The van der Waals surface area contributed by atoms with Crippen molar-refractivity contribution in [2.75, 3.05) is 20.2 Å². The van der Waals surface area contributed by atoms with Crippen LogP contribution in [-0.4, -0.2) is 30.7 Å². The Bertz CT molecular complexity index is 575. The van der Waals surface area contributed by atoms with Gasteiger partial charge in [0.05, 0.1) is 11.6 Å². The summed E-state index contributed by atoms with van der Waals surface area (Å²) in [6.45, 7) is 2.09. The number of hydrogen-bond acceptors (Lipinski definition) is 2. The van der Waals surface area contributed by atoms with Gasteiger partial charge in [0.25, 0.3) is 0 Å². The fourth-order valence-corrected chi connectivity index (χ4v) is 3.87. The molecule has 0 bridgehead atoms. The minimum absolute atomic E-state index is 0.113. The quantitative estimate of drug-likeness (QED) is 0.829. The van der Waals surface area contributed by atoms with Crippen LogP contribution >= 0.6 is 0 Å². The molecule has 0 atom stereocenters. The number of benzene rings is 2. The predicted octanol–water partition coefficient (Wildman–Crippen LogP) is 3.89. The SMILES string of the molecule is COC1(C2CC2)CN(C(c2ccccc2)c2ccccc2)C1. The van der Waals surface area contributed by atoms with Crippen molar-refractivity contribution < 1.29 is 4.74 Å². The van der Waals surface area contributed by atoms with Gasteiger partial charge in [0.15, 0.2) is 0 Å². The smallest absolute Gasteiger partial charge is 0.0959 e. The van der Waals surface area contributed by atoms with Crippen molar-refractivity contribution in [1.29, 1.82) is 0 Å². The fraction of sp³-hybridized carbons (Fsp3) is 0.400. The topological polar surface area (TPSA) is 12.5 Å². The Morgan fingerprint density at radius 3 is 1.82 bits per heavy atom. The monoisotopic (exact) mass is 293 g/mol. The third-order valence-electron chi connectivity index (χ3n) is 5.27. The Morgan fingerprint density at radius 2 is 1.41 bits per heavy atom. The number of nitrogens with zero attached hydrogens (tertiary/aromatic N) is 1. The van der Waals surface area contributed by atoms with Crippen LogP contribution in [0.1, 0.15) is 30.0 Å². The van der Waals surface area contributed by atoms with Gasteiger partial charge in [-0.15, -0.1) is 0 Å². The predicted molar refractivity (Wildman–Crippen MR) is 88.8 cm³/mol. The van der Waals surface area contributed by atoms with Crippen LogP contribution < -0.4 is 0 Å². The third-order valence-corrected chi connectivity index (χ3v) is 5.27. The van der Waals surface area contributed by atoms with Gasteiger partial charge in [-0.1, -0.05) is 60.7 Å². The Kier molecular flexibility index (Phi) is 3.51. The highest BCUT2D eigenvalue weighted by molar-refractivity contribution is 5.33. The average molecular weight is 293 g/mol. The summed E-state index contributed by atoms with van der Waals surface area (Å²) in [6.07, 6.45) is 2.67. The maximum atomic E-state index is 5.91. The number of hydrogen-bond donors (Lipinski definition) is 0.